The van der Waals surface area contributed by atoms with Crippen LogP contribution in [0.3, 0.4) is 0 Å². The zero-order chi connectivity index (χ0) is 13.0. The van der Waals surface area contributed by atoms with Gasteiger partial charge in [0.15, 0.2) is 6.61 Å². The number of hydrogen-bond donors (Lipinski definition) is 0. The Morgan fingerprint density at radius 3 is 2.83 bits per heavy atom. The number of rotatable bonds is 5. The molecule has 18 heavy (non-hydrogen) atoms. The summed E-state index contributed by atoms with van der Waals surface area (Å²) in [7, 11) is 0. The van der Waals surface area contributed by atoms with Crippen molar-refractivity contribution >= 4 is 28.7 Å². The molecule has 0 radical (unpaired) electrons. The normalized spacial score (nSPS) is 10.3. The number of hydrogen-bond acceptors (Lipinski definition) is 3. The van der Waals surface area contributed by atoms with Gasteiger partial charge in [-0.2, -0.15) is 0 Å². The lowest BCUT2D eigenvalue weighted by atomic mass is 10.3. The Labute approximate surface area is 115 Å². The number of halogens is 1. The van der Waals surface area contributed by atoms with Crippen molar-refractivity contribution in [2.75, 3.05) is 6.61 Å². The number of thiophene rings is 1. The monoisotopic (exact) mass is 280 g/mol. The summed E-state index contributed by atoms with van der Waals surface area (Å²) in [6, 6.07) is 10.9. The lowest BCUT2D eigenvalue weighted by Gasteiger charge is -2.04. The van der Waals surface area contributed by atoms with Crippen molar-refractivity contribution in [3.05, 3.63) is 51.2 Å². The van der Waals surface area contributed by atoms with Gasteiger partial charge in [0, 0.05) is 9.90 Å². The highest BCUT2D eigenvalue weighted by Crippen LogP contribution is 2.20. The van der Waals surface area contributed by atoms with Crippen molar-refractivity contribution in [2.24, 2.45) is 0 Å². The van der Waals surface area contributed by atoms with Gasteiger partial charge in [-0.25, -0.2) is 0 Å². The van der Waals surface area contributed by atoms with Gasteiger partial charge in [-0.15, -0.1) is 11.3 Å². The van der Waals surface area contributed by atoms with Crippen molar-refractivity contribution in [2.45, 2.75) is 13.3 Å². The molecule has 0 atom stereocenters. The molecule has 0 N–H and O–H groups in total. The van der Waals surface area contributed by atoms with Crippen LogP contribution in [-0.2, 0) is 6.42 Å². The van der Waals surface area contributed by atoms with Gasteiger partial charge in [0.1, 0.15) is 5.75 Å². The minimum Gasteiger partial charge on any atom is -0.485 e. The van der Waals surface area contributed by atoms with Gasteiger partial charge >= 0.3 is 0 Å². The summed E-state index contributed by atoms with van der Waals surface area (Å²) in [5.41, 5.74) is 0. The van der Waals surface area contributed by atoms with Crippen LogP contribution in [0.25, 0.3) is 0 Å². The third kappa shape index (κ3) is 3.34. The molecule has 4 heteroatoms. The standard InChI is InChI=1S/C14H13ClO2S/c1-2-12-6-7-14(18-12)13(16)9-17-11-5-3-4-10(15)8-11/h3-8H,2,9H2,1H3. The van der Waals surface area contributed by atoms with Gasteiger partial charge in [0.2, 0.25) is 5.78 Å². The van der Waals surface area contributed by atoms with E-state index in [0.29, 0.717) is 10.8 Å². The molecule has 94 valence electrons. The summed E-state index contributed by atoms with van der Waals surface area (Å²) in [5, 5.41) is 0.601. The molecule has 0 fully saturated rings. The van der Waals surface area contributed by atoms with Gasteiger partial charge in [-0.05, 0) is 36.8 Å². The highest BCUT2D eigenvalue weighted by Gasteiger charge is 2.09. The van der Waals surface area contributed by atoms with Gasteiger partial charge in [0.05, 0.1) is 4.88 Å². The summed E-state index contributed by atoms with van der Waals surface area (Å²) in [6.07, 6.45) is 0.951. The van der Waals surface area contributed by atoms with Gasteiger partial charge < -0.3 is 4.74 Å². The minimum atomic E-state index is -0.000300. The molecule has 0 amide bonds. The Morgan fingerprint density at radius 1 is 1.33 bits per heavy atom. The summed E-state index contributed by atoms with van der Waals surface area (Å²) >= 11 is 7.36. The molecule has 2 nitrogen and oxygen atoms in total. The van der Waals surface area contributed by atoms with Crippen LogP contribution in [0, 0.1) is 0 Å². The van der Waals surface area contributed by atoms with Crippen LogP contribution < -0.4 is 4.74 Å². The van der Waals surface area contributed by atoms with Crippen LogP contribution in [0.4, 0.5) is 0 Å². The maximum absolute atomic E-state index is 11.9. The van der Waals surface area contributed by atoms with Crippen LogP contribution in [0.5, 0.6) is 5.75 Å². The molecule has 1 aromatic carbocycles. The molecule has 2 rings (SSSR count). The molecule has 0 unspecified atom stereocenters. The summed E-state index contributed by atoms with van der Waals surface area (Å²) in [5.74, 6) is 0.614. The van der Waals surface area contributed by atoms with Crippen molar-refractivity contribution < 1.29 is 9.53 Å². The molecule has 0 saturated heterocycles. The fourth-order valence-electron chi connectivity index (χ4n) is 1.49. The smallest absolute Gasteiger partial charge is 0.210 e. The number of ketones is 1. The Hall–Kier alpha value is -1.32. The minimum absolute atomic E-state index is 0.000300. The van der Waals surface area contributed by atoms with E-state index in [1.54, 1.807) is 24.3 Å². The molecular weight excluding hydrogens is 268 g/mol. The molecule has 1 aromatic heterocycles. The van der Waals surface area contributed by atoms with Crippen LogP contribution in [0.2, 0.25) is 5.02 Å². The van der Waals surface area contributed by atoms with E-state index in [4.69, 9.17) is 16.3 Å². The maximum Gasteiger partial charge on any atom is 0.210 e. The molecular formula is C14H13ClO2S. The molecule has 2 aromatic rings. The Bertz CT molecular complexity index is 548. The quantitative estimate of drug-likeness (QED) is 0.766. The number of carbonyl (C=O) groups excluding carboxylic acids is 1. The summed E-state index contributed by atoms with van der Waals surface area (Å²) in [4.78, 5) is 13.8. The van der Waals surface area contributed by atoms with Crippen molar-refractivity contribution in [1.82, 2.24) is 0 Å². The van der Waals surface area contributed by atoms with Crippen molar-refractivity contribution in [1.29, 1.82) is 0 Å². The van der Waals surface area contributed by atoms with Gasteiger partial charge in [-0.1, -0.05) is 24.6 Å². The Kier molecular flexibility index (Phi) is 4.39. The first kappa shape index (κ1) is 13.1. The predicted octanol–water partition coefficient (Wildman–Crippen LogP) is 4.23. The van der Waals surface area contributed by atoms with E-state index >= 15 is 0 Å². The number of Topliss-reactive ketones (excluding diaryl/α,β-unsaturated/α-hetero) is 1. The summed E-state index contributed by atoms with van der Waals surface area (Å²) < 4.78 is 5.42. The van der Waals surface area contributed by atoms with Crippen LogP contribution in [0.1, 0.15) is 21.5 Å². The van der Waals surface area contributed by atoms with Crippen molar-refractivity contribution in [3.8, 4) is 5.75 Å². The third-order valence-corrected chi connectivity index (χ3v) is 3.96. The van der Waals surface area contributed by atoms with E-state index in [9.17, 15) is 4.79 Å². The van der Waals surface area contributed by atoms with E-state index in [0.717, 1.165) is 11.3 Å². The maximum atomic E-state index is 11.9. The largest absolute Gasteiger partial charge is 0.485 e. The van der Waals surface area contributed by atoms with E-state index in [-0.39, 0.29) is 12.4 Å². The molecule has 0 aliphatic rings. The van der Waals surface area contributed by atoms with E-state index < -0.39 is 0 Å². The van der Waals surface area contributed by atoms with Crippen LogP contribution in [0.15, 0.2) is 36.4 Å². The first-order valence-corrected chi connectivity index (χ1v) is 6.88. The highest BCUT2D eigenvalue weighted by atomic mass is 35.5. The van der Waals surface area contributed by atoms with Gasteiger partial charge in [-0.3, -0.25) is 4.79 Å². The second-order valence-electron chi connectivity index (χ2n) is 3.79. The van der Waals surface area contributed by atoms with Crippen LogP contribution in [-0.4, -0.2) is 12.4 Å². The average molecular weight is 281 g/mol. The Balaban J connectivity index is 1.96. The second kappa shape index (κ2) is 6.03. The Morgan fingerprint density at radius 2 is 2.17 bits per heavy atom. The SMILES string of the molecule is CCc1ccc(C(=O)COc2cccc(Cl)c2)s1. The lowest BCUT2D eigenvalue weighted by molar-refractivity contribution is 0.0925. The van der Waals surface area contributed by atoms with Crippen molar-refractivity contribution in [3.63, 3.8) is 0 Å². The molecule has 0 bridgehead atoms. The van der Waals surface area contributed by atoms with E-state index in [2.05, 4.69) is 6.92 Å². The zero-order valence-electron chi connectivity index (χ0n) is 9.98. The number of benzene rings is 1. The molecule has 0 spiro atoms. The predicted molar refractivity (Wildman–Crippen MR) is 75.0 cm³/mol. The molecule has 1 heterocycles. The number of ether oxygens (including phenoxy) is 1. The van der Waals surface area contributed by atoms with E-state index in [1.807, 2.05) is 12.1 Å². The zero-order valence-corrected chi connectivity index (χ0v) is 11.6. The van der Waals surface area contributed by atoms with Gasteiger partial charge in [0.25, 0.3) is 0 Å². The first-order valence-electron chi connectivity index (χ1n) is 5.69. The topological polar surface area (TPSA) is 26.3 Å². The average Bonchev–Trinajstić information content (AvgIpc) is 2.85. The highest BCUT2D eigenvalue weighted by molar-refractivity contribution is 7.14. The second-order valence-corrected chi connectivity index (χ2v) is 5.39. The number of carbonyl (C=O) groups is 1. The molecule has 0 aliphatic carbocycles. The molecule has 0 aliphatic heterocycles. The number of aryl methyl sites for hydroxylation is 1. The molecule has 0 saturated carbocycles. The van der Waals surface area contributed by atoms with E-state index in [1.165, 1.54) is 16.2 Å². The lowest BCUT2D eigenvalue weighted by Crippen LogP contribution is -2.09. The first-order chi connectivity index (χ1) is 8.69. The van der Waals surface area contributed by atoms with Crippen LogP contribution >= 0.6 is 22.9 Å². The third-order valence-electron chi connectivity index (χ3n) is 2.45. The fourth-order valence-corrected chi connectivity index (χ4v) is 2.55. The summed E-state index contributed by atoms with van der Waals surface area (Å²) in [6.45, 7) is 2.12. The fraction of sp³-hybridized carbons (Fsp3) is 0.214.